The average Bonchev–Trinajstić information content (AvgIpc) is 2.81. The van der Waals surface area contributed by atoms with E-state index < -0.39 is 6.10 Å². The Morgan fingerprint density at radius 2 is 1.53 bits per heavy atom. The summed E-state index contributed by atoms with van der Waals surface area (Å²) >= 11 is 0. The van der Waals surface area contributed by atoms with Gasteiger partial charge in [0.15, 0.2) is 0 Å². The van der Waals surface area contributed by atoms with Gasteiger partial charge in [-0.3, -0.25) is 0 Å². The van der Waals surface area contributed by atoms with E-state index in [2.05, 4.69) is 53.8 Å². The van der Waals surface area contributed by atoms with Gasteiger partial charge in [0.25, 0.3) is 0 Å². The fraction of sp³-hybridized carbons (Fsp3) is 0.308. The second kappa shape index (κ2) is 9.90. The van der Waals surface area contributed by atoms with Crippen molar-refractivity contribution >= 4 is 0 Å². The van der Waals surface area contributed by atoms with Crippen molar-refractivity contribution in [2.24, 2.45) is 0 Å². The van der Waals surface area contributed by atoms with Crippen LogP contribution in [0, 0.1) is 0 Å². The number of aliphatic hydroxyl groups excluding tert-OH is 1. The van der Waals surface area contributed by atoms with Crippen molar-refractivity contribution < 1.29 is 14.6 Å². The summed E-state index contributed by atoms with van der Waals surface area (Å²) in [6, 6.07) is 29.0. The van der Waals surface area contributed by atoms with E-state index >= 15 is 0 Å². The fourth-order valence-corrected chi connectivity index (χ4v) is 4.20. The summed E-state index contributed by atoms with van der Waals surface area (Å²) in [5.74, 6) is 0.976. The Morgan fingerprint density at radius 3 is 2.10 bits per heavy atom. The van der Waals surface area contributed by atoms with Crippen molar-refractivity contribution in [1.29, 1.82) is 0 Å². The van der Waals surface area contributed by atoms with Crippen molar-refractivity contribution in [1.82, 2.24) is 5.32 Å². The van der Waals surface area contributed by atoms with E-state index in [1.54, 1.807) is 7.11 Å². The van der Waals surface area contributed by atoms with Gasteiger partial charge in [0.1, 0.15) is 5.75 Å². The van der Waals surface area contributed by atoms with Gasteiger partial charge in [-0.25, -0.2) is 0 Å². The predicted octanol–water partition coefficient (Wildman–Crippen LogP) is 4.14. The van der Waals surface area contributed by atoms with Crippen LogP contribution in [0.25, 0.3) is 0 Å². The Morgan fingerprint density at radius 1 is 0.933 bits per heavy atom. The zero-order chi connectivity index (χ0) is 20.8. The number of hydrogen-bond acceptors (Lipinski definition) is 4. The molecule has 4 rings (SSSR count). The molecule has 0 aliphatic carbocycles. The Bertz CT molecular complexity index is 859. The summed E-state index contributed by atoms with van der Waals surface area (Å²) in [6.07, 6.45) is 0.212. The molecule has 0 bridgehead atoms. The molecule has 156 valence electrons. The predicted molar refractivity (Wildman–Crippen MR) is 119 cm³/mol. The maximum Gasteiger partial charge on any atom is 0.118 e. The van der Waals surface area contributed by atoms with Gasteiger partial charge in [0.05, 0.1) is 25.9 Å². The number of nitrogens with one attached hydrogen (secondary N) is 1. The minimum Gasteiger partial charge on any atom is -0.497 e. The van der Waals surface area contributed by atoms with Crippen LogP contribution in [0.5, 0.6) is 5.75 Å². The molecule has 0 saturated carbocycles. The van der Waals surface area contributed by atoms with Gasteiger partial charge in [-0.15, -0.1) is 0 Å². The molecule has 0 radical (unpaired) electrons. The van der Waals surface area contributed by atoms with E-state index in [-0.39, 0.29) is 18.1 Å². The highest BCUT2D eigenvalue weighted by Gasteiger charge is 2.35. The zero-order valence-electron chi connectivity index (χ0n) is 17.3. The number of benzene rings is 3. The second-order valence-electron chi connectivity index (χ2n) is 7.81. The molecule has 30 heavy (non-hydrogen) atoms. The molecule has 0 unspecified atom stereocenters. The molecule has 1 fully saturated rings. The topological polar surface area (TPSA) is 50.7 Å². The third kappa shape index (κ3) is 4.90. The van der Waals surface area contributed by atoms with Crippen LogP contribution < -0.4 is 10.1 Å². The van der Waals surface area contributed by atoms with E-state index in [9.17, 15) is 5.11 Å². The Kier molecular flexibility index (Phi) is 6.80. The molecule has 0 amide bonds. The van der Waals surface area contributed by atoms with Gasteiger partial charge in [0, 0.05) is 18.5 Å². The van der Waals surface area contributed by atoms with Crippen LogP contribution in [-0.2, 0) is 11.3 Å². The van der Waals surface area contributed by atoms with Crippen molar-refractivity contribution in [3.05, 3.63) is 102 Å². The first-order valence-electron chi connectivity index (χ1n) is 10.5. The minimum atomic E-state index is -0.522. The molecule has 0 aromatic heterocycles. The van der Waals surface area contributed by atoms with Crippen molar-refractivity contribution in [2.45, 2.75) is 37.1 Å². The molecule has 1 aliphatic heterocycles. The summed E-state index contributed by atoms with van der Waals surface area (Å²) < 4.78 is 11.4. The van der Waals surface area contributed by atoms with E-state index in [0.717, 1.165) is 17.7 Å². The summed E-state index contributed by atoms with van der Waals surface area (Å²) in [6.45, 7) is 1.03. The first kappa shape index (κ1) is 20.6. The lowest BCUT2D eigenvalue weighted by molar-refractivity contribution is -0.0791. The lowest BCUT2D eigenvalue weighted by atomic mass is 9.82. The molecular weight excluding hydrogens is 374 g/mol. The van der Waals surface area contributed by atoms with E-state index in [1.165, 1.54) is 11.1 Å². The van der Waals surface area contributed by atoms with Crippen LogP contribution in [0.2, 0.25) is 0 Å². The first-order chi connectivity index (χ1) is 14.7. The molecule has 2 N–H and O–H groups in total. The molecule has 1 heterocycles. The van der Waals surface area contributed by atoms with Gasteiger partial charge in [-0.2, -0.15) is 0 Å². The molecule has 1 saturated heterocycles. The lowest BCUT2D eigenvalue weighted by Gasteiger charge is -2.38. The Balaban J connectivity index is 1.49. The van der Waals surface area contributed by atoms with Crippen molar-refractivity contribution in [3.63, 3.8) is 0 Å². The second-order valence-corrected chi connectivity index (χ2v) is 7.81. The highest BCUT2D eigenvalue weighted by Crippen LogP contribution is 2.34. The van der Waals surface area contributed by atoms with E-state index in [0.29, 0.717) is 13.2 Å². The van der Waals surface area contributed by atoms with Crippen LogP contribution in [0.15, 0.2) is 84.9 Å². The standard InChI is InChI=1S/C26H29NO3/c1-29-22-14-12-19(13-15-22)17-27-23-16-25(30-18-24(23)28)26(20-8-4-2-5-9-20)21-10-6-3-7-11-21/h2-15,23-28H,16-18H2,1H3/t23-,24-,25+/m0/s1. The van der Waals surface area contributed by atoms with Gasteiger partial charge in [0.2, 0.25) is 0 Å². The maximum absolute atomic E-state index is 10.6. The van der Waals surface area contributed by atoms with Gasteiger partial charge in [-0.05, 0) is 35.2 Å². The summed E-state index contributed by atoms with van der Waals surface area (Å²) in [7, 11) is 1.67. The van der Waals surface area contributed by atoms with E-state index in [1.807, 2.05) is 36.4 Å². The van der Waals surface area contributed by atoms with Gasteiger partial charge >= 0.3 is 0 Å². The average molecular weight is 404 g/mol. The van der Waals surface area contributed by atoms with Crippen LogP contribution >= 0.6 is 0 Å². The Labute approximate surface area is 178 Å². The Hall–Kier alpha value is -2.66. The number of aliphatic hydroxyl groups is 1. The van der Waals surface area contributed by atoms with Crippen LogP contribution in [0.4, 0.5) is 0 Å². The third-order valence-corrected chi connectivity index (χ3v) is 5.85. The van der Waals surface area contributed by atoms with E-state index in [4.69, 9.17) is 9.47 Å². The van der Waals surface area contributed by atoms with Gasteiger partial charge < -0.3 is 19.9 Å². The molecule has 3 atom stereocenters. The van der Waals surface area contributed by atoms with Gasteiger partial charge in [-0.1, -0.05) is 72.8 Å². The fourth-order valence-electron chi connectivity index (χ4n) is 4.20. The number of methoxy groups -OCH3 is 1. The molecule has 3 aromatic carbocycles. The largest absolute Gasteiger partial charge is 0.497 e. The first-order valence-corrected chi connectivity index (χ1v) is 10.5. The summed E-state index contributed by atoms with van der Waals surface area (Å²) in [5.41, 5.74) is 3.63. The molecule has 1 aliphatic rings. The maximum atomic E-state index is 10.6. The smallest absolute Gasteiger partial charge is 0.118 e. The summed E-state index contributed by atoms with van der Waals surface area (Å²) in [4.78, 5) is 0. The normalized spacial score (nSPS) is 21.5. The monoisotopic (exact) mass is 403 g/mol. The minimum absolute atomic E-state index is 0.00781. The van der Waals surface area contributed by atoms with Crippen LogP contribution in [0.3, 0.4) is 0 Å². The number of hydrogen-bond donors (Lipinski definition) is 2. The number of ether oxygens (including phenoxy) is 2. The lowest BCUT2D eigenvalue weighted by Crippen LogP contribution is -2.50. The molecule has 4 nitrogen and oxygen atoms in total. The molecule has 0 spiro atoms. The highest BCUT2D eigenvalue weighted by atomic mass is 16.5. The zero-order valence-corrected chi connectivity index (χ0v) is 17.3. The third-order valence-electron chi connectivity index (χ3n) is 5.85. The van der Waals surface area contributed by atoms with Crippen LogP contribution in [-0.4, -0.2) is 37.1 Å². The molecule has 3 aromatic rings. The van der Waals surface area contributed by atoms with Crippen molar-refractivity contribution in [2.75, 3.05) is 13.7 Å². The van der Waals surface area contributed by atoms with Crippen LogP contribution in [0.1, 0.15) is 29.0 Å². The quantitative estimate of drug-likeness (QED) is 0.623. The SMILES string of the molecule is COc1ccc(CN[C@H]2C[C@H](C(c3ccccc3)c3ccccc3)OC[C@@H]2O)cc1. The number of rotatable bonds is 7. The van der Waals surface area contributed by atoms with Crippen molar-refractivity contribution in [3.8, 4) is 5.75 Å². The summed E-state index contributed by atoms with van der Waals surface area (Å²) in [5, 5.41) is 14.1. The highest BCUT2D eigenvalue weighted by molar-refractivity contribution is 5.34. The molecular formula is C26H29NO3. The molecule has 4 heteroatoms.